The minimum Gasteiger partial charge on any atom is -0.377 e. The zero-order valence-corrected chi connectivity index (χ0v) is 25.8. The lowest BCUT2D eigenvalue weighted by atomic mass is 10.2. The van der Waals surface area contributed by atoms with Crippen LogP contribution in [0.15, 0.2) is 60.7 Å². The van der Waals surface area contributed by atoms with Crippen molar-refractivity contribution in [3.05, 3.63) is 71.8 Å². The number of hydrogen-bond acceptors (Lipinski definition) is 10. The summed E-state index contributed by atoms with van der Waals surface area (Å²) in [6, 6.07) is 20.2. The quantitative estimate of drug-likeness (QED) is 0.146. The van der Waals surface area contributed by atoms with Gasteiger partial charge in [0.05, 0.1) is 106 Å². The first-order valence-corrected chi connectivity index (χ1v) is 15.2. The van der Waals surface area contributed by atoms with Gasteiger partial charge in [-0.1, -0.05) is 60.7 Å². The van der Waals surface area contributed by atoms with Crippen LogP contribution in [0.4, 0.5) is 0 Å². The van der Waals surface area contributed by atoms with Crippen molar-refractivity contribution in [2.24, 2.45) is 0 Å². The van der Waals surface area contributed by atoms with Crippen LogP contribution >= 0.6 is 0 Å². The van der Waals surface area contributed by atoms with Crippen LogP contribution in [-0.2, 0) is 60.6 Å². The summed E-state index contributed by atoms with van der Waals surface area (Å²) >= 11 is 0. The average molecular weight is 607 g/mol. The fourth-order valence-corrected chi connectivity index (χ4v) is 4.23. The van der Waals surface area contributed by atoms with Gasteiger partial charge in [0.25, 0.3) is 0 Å². The second kappa shape index (κ2) is 22.5. The molecule has 1 heterocycles. The van der Waals surface area contributed by atoms with Crippen molar-refractivity contribution >= 4 is 0 Å². The Labute approximate surface area is 256 Å². The molecule has 43 heavy (non-hydrogen) atoms. The molecule has 2 atom stereocenters. The molecule has 2 unspecified atom stereocenters. The zero-order valence-electron chi connectivity index (χ0n) is 25.8. The van der Waals surface area contributed by atoms with Crippen molar-refractivity contribution in [1.82, 2.24) is 0 Å². The molecule has 0 radical (unpaired) electrons. The van der Waals surface area contributed by atoms with Crippen LogP contribution in [0.25, 0.3) is 0 Å². The van der Waals surface area contributed by atoms with Crippen molar-refractivity contribution in [1.29, 1.82) is 0 Å². The van der Waals surface area contributed by atoms with E-state index in [-0.39, 0.29) is 12.2 Å². The summed E-state index contributed by atoms with van der Waals surface area (Å²) in [6.45, 7) is 11.9. The Bertz CT molecular complexity index is 841. The lowest BCUT2D eigenvalue weighted by Gasteiger charge is -2.17. The van der Waals surface area contributed by atoms with Gasteiger partial charge in [-0.15, -0.1) is 0 Å². The van der Waals surface area contributed by atoms with Crippen molar-refractivity contribution in [2.45, 2.75) is 45.1 Å². The SMILES string of the molecule is CC1(C)OC(COCCOCCOCCOCc2ccccc2)C(COCCOCCOCCOCc2ccccc2)O1. The predicted molar refractivity (Wildman–Crippen MR) is 161 cm³/mol. The molecule has 0 spiro atoms. The summed E-state index contributed by atoms with van der Waals surface area (Å²) in [5, 5.41) is 0. The summed E-state index contributed by atoms with van der Waals surface area (Å²) in [4.78, 5) is 0. The van der Waals surface area contributed by atoms with Crippen molar-refractivity contribution in [3.8, 4) is 0 Å². The summed E-state index contributed by atoms with van der Waals surface area (Å²) < 4.78 is 57.0. The van der Waals surface area contributed by atoms with Crippen molar-refractivity contribution in [2.75, 3.05) is 92.5 Å². The van der Waals surface area contributed by atoms with Gasteiger partial charge in [0.1, 0.15) is 12.2 Å². The van der Waals surface area contributed by atoms with E-state index in [9.17, 15) is 0 Å². The van der Waals surface area contributed by atoms with E-state index in [1.54, 1.807) is 0 Å². The second-order valence-electron chi connectivity index (χ2n) is 10.4. The Balaban J connectivity index is 1.08. The molecular weight excluding hydrogens is 556 g/mol. The molecule has 1 aliphatic heterocycles. The van der Waals surface area contributed by atoms with E-state index >= 15 is 0 Å². The summed E-state index contributed by atoms with van der Waals surface area (Å²) in [6.07, 6.45) is -0.430. The molecule has 10 heteroatoms. The minimum absolute atomic E-state index is 0.215. The van der Waals surface area contributed by atoms with Crippen LogP contribution in [0, 0.1) is 0 Å². The Morgan fingerprint density at radius 3 is 1.09 bits per heavy atom. The topological polar surface area (TPSA) is 92.3 Å². The third-order valence-electron chi connectivity index (χ3n) is 6.30. The number of benzene rings is 2. The smallest absolute Gasteiger partial charge is 0.163 e. The minimum atomic E-state index is -0.681. The van der Waals surface area contributed by atoms with E-state index in [1.165, 1.54) is 0 Å². The van der Waals surface area contributed by atoms with Gasteiger partial charge in [0.2, 0.25) is 0 Å². The molecule has 0 aromatic heterocycles. The molecule has 0 bridgehead atoms. The highest BCUT2D eigenvalue weighted by atomic mass is 16.8. The van der Waals surface area contributed by atoms with Gasteiger partial charge in [0, 0.05) is 0 Å². The highest BCUT2D eigenvalue weighted by molar-refractivity contribution is 5.14. The Morgan fingerprint density at radius 2 is 0.744 bits per heavy atom. The van der Waals surface area contributed by atoms with E-state index in [4.69, 9.17) is 47.4 Å². The van der Waals surface area contributed by atoms with Crippen LogP contribution < -0.4 is 0 Å². The zero-order chi connectivity index (χ0) is 30.3. The summed E-state index contributed by atoms with van der Waals surface area (Å²) in [5.74, 6) is -0.681. The summed E-state index contributed by atoms with van der Waals surface area (Å²) in [5.41, 5.74) is 2.31. The third kappa shape index (κ3) is 17.2. The largest absolute Gasteiger partial charge is 0.377 e. The lowest BCUT2D eigenvalue weighted by Crippen LogP contribution is -2.32. The molecule has 0 amide bonds. The standard InChI is InChI=1S/C33H50O10/c1-33(2)42-31(27-40-23-19-36-15-13-34-17-21-38-25-29-9-5-3-6-10-29)32(43-33)28-41-24-20-37-16-14-35-18-22-39-26-30-11-7-4-8-12-30/h3-12,31-32H,13-28H2,1-2H3. The molecule has 10 nitrogen and oxygen atoms in total. The van der Waals surface area contributed by atoms with Crippen molar-refractivity contribution < 1.29 is 47.4 Å². The van der Waals surface area contributed by atoms with E-state index < -0.39 is 5.79 Å². The van der Waals surface area contributed by atoms with Crippen LogP contribution in [-0.4, -0.2) is 110 Å². The first-order valence-electron chi connectivity index (χ1n) is 15.2. The maximum atomic E-state index is 6.00. The van der Waals surface area contributed by atoms with E-state index in [0.717, 1.165) is 11.1 Å². The summed E-state index contributed by atoms with van der Waals surface area (Å²) in [7, 11) is 0. The fraction of sp³-hybridized carbons (Fsp3) is 0.636. The molecule has 1 saturated heterocycles. The molecule has 1 fully saturated rings. The van der Waals surface area contributed by atoms with Crippen molar-refractivity contribution in [3.63, 3.8) is 0 Å². The maximum Gasteiger partial charge on any atom is 0.163 e. The third-order valence-corrected chi connectivity index (χ3v) is 6.30. The van der Waals surface area contributed by atoms with Crippen LogP contribution in [0.2, 0.25) is 0 Å². The maximum absolute atomic E-state index is 6.00. The monoisotopic (exact) mass is 606 g/mol. The second-order valence-corrected chi connectivity index (χ2v) is 10.4. The molecule has 2 aromatic carbocycles. The fourth-order valence-electron chi connectivity index (χ4n) is 4.23. The Hall–Kier alpha value is -1.96. The normalized spacial score (nSPS) is 17.9. The van der Waals surface area contributed by atoms with Gasteiger partial charge < -0.3 is 47.4 Å². The number of hydrogen-bond donors (Lipinski definition) is 0. The molecule has 0 saturated carbocycles. The molecule has 1 aliphatic rings. The number of rotatable bonds is 26. The van der Waals surface area contributed by atoms with E-state index in [1.807, 2.05) is 74.5 Å². The van der Waals surface area contributed by atoms with Gasteiger partial charge in [-0.05, 0) is 25.0 Å². The van der Waals surface area contributed by atoms with Gasteiger partial charge in [-0.3, -0.25) is 0 Å². The van der Waals surface area contributed by atoms with E-state index in [2.05, 4.69) is 0 Å². The first-order chi connectivity index (χ1) is 21.1. The average Bonchev–Trinajstić information content (AvgIpc) is 3.32. The molecular formula is C33H50O10. The Kier molecular flexibility index (Phi) is 18.6. The van der Waals surface area contributed by atoms with Gasteiger partial charge in [0.15, 0.2) is 5.79 Å². The molecule has 0 N–H and O–H groups in total. The lowest BCUT2D eigenvalue weighted by molar-refractivity contribution is -0.155. The first kappa shape index (κ1) is 35.5. The molecule has 3 rings (SSSR count). The van der Waals surface area contributed by atoms with Crippen LogP contribution in [0.3, 0.4) is 0 Å². The highest BCUT2D eigenvalue weighted by Gasteiger charge is 2.41. The number of ether oxygens (including phenoxy) is 10. The molecule has 2 aromatic rings. The van der Waals surface area contributed by atoms with Crippen LogP contribution in [0.5, 0.6) is 0 Å². The molecule has 0 aliphatic carbocycles. The van der Waals surface area contributed by atoms with Gasteiger partial charge in [-0.25, -0.2) is 0 Å². The Morgan fingerprint density at radius 1 is 0.442 bits per heavy atom. The molecule has 242 valence electrons. The predicted octanol–water partition coefficient (Wildman–Crippen LogP) is 4.04. The van der Waals surface area contributed by atoms with Gasteiger partial charge in [-0.2, -0.15) is 0 Å². The van der Waals surface area contributed by atoms with E-state index in [0.29, 0.717) is 106 Å². The highest BCUT2D eigenvalue weighted by Crippen LogP contribution is 2.28. The van der Waals surface area contributed by atoms with Crippen LogP contribution in [0.1, 0.15) is 25.0 Å². The van der Waals surface area contributed by atoms with Gasteiger partial charge >= 0.3 is 0 Å².